The summed E-state index contributed by atoms with van der Waals surface area (Å²) >= 11 is 6.12. The lowest BCUT2D eigenvalue weighted by Crippen LogP contribution is -2.42. The van der Waals surface area contributed by atoms with Crippen LogP contribution in [0.25, 0.3) is 5.57 Å². The fraction of sp³-hybridized carbons (Fsp3) is 0.250. The lowest BCUT2D eigenvalue weighted by molar-refractivity contribution is -0.150. The summed E-state index contributed by atoms with van der Waals surface area (Å²) < 4.78 is 83.4. The molecule has 0 saturated heterocycles. The van der Waals surface area contributed by atoms with Crippen LogP contribution >= 0.6 is 11.6 Å². The molecule has 1 aliphatic rings. The fourth-order valence-corrected chi connectivity index (χ4v) is 2.98. The molecule has 0 fully saturated rings. The Morgan fingerprint density at radius 1 is 1.18 bits per heavy atom. The Morgan fingerprint density at radius 2 is 1.79 bits per heavy atom. The zero-order valence-corrected chi connectivity index (χ0v) is 14.8. The van der Waals surface area contributed by atoms with Gasteiger partial charge in [-0.15, -0.1) is 0 Å². The number of hydrogen-bond donors (Lipinski definition) is 1. The van der Waals surface area contributed by atoms with Crippen molar-refractivity contribution in [2.24, 2.45) is 16.8 Å². The van der Waals surface area contributed by atoms with Gasteiger partial charge in [-0.2, -0.15) is 13.2 Å². The average molecular weight is 424 g/mol. The Kier molecular flexibility index (Phi) is 5.15. The van der Waals surface area contributed by atoms with Gasteiger partial charge in [0.25, 0.3) is 0 Å². The van der Waals surface area contributed by atoms with E-state index in [2.05, 4.69) is 9.98 Å². The van der Waals surface area contributed by atoms with Crippen molar-refractivity contribution in [1.82, 2.24) is 14.6 Å². The molecule has 0 aliphatic carbocycles. The van der Waals surface area contributed by atoms with Crippen molar-refractivity contribution in [3.8, 4) is 0 Å². The van der Waals surface area contributed by atoms with E-state index in [0.29, 0.717) is 12.1 Å². The first kappa shape index (κ1) is 20.2. The number of aromatic nitrogens is 2. The first-order valence-electron chi connectivity index (χ1n) is 7.73. The second-order valence-corrected chi connectivity index (χ2v) is 6.31. The molecular formula is C16H12ClF6N5. The molecule has 150 valence electrons. The van der Waals surface area contributed by atoms with Crippen LogP contribution in [0.5, 0.6) is 0 Å². The lowest BCUT2D eigenvalue weighted by Gasteiger charge is -2.35. The third kappa shape index (κ3) is 3.47. The molecule has 0 radical (unpaired) electrons. The van der Waals surface area contributed by atoms with Gasteiger partial charge in [0.15, 0.2) is 0 Å². The molecule has 2 atom stereocenters. The molecule has 1 aromatic heterocycles. The second kappa shape index (κ2) is 7.13. The van der Waals surface area contributed by atoms with E-state index >= 15 is 0 Å². The molecule has 1 aromatic carbocycles. The van der Waals surface area contributed by atoms with E-state index in [1.54, 1.807) is 0 Å². The van der Waals surface area contributed by atoms with E-state index < -0.39 is 57.8 Å². The summed E-state index contributed by atoms with van der Waals surface area (Å²) in [5.74, 6) is -0.546. The highest BCUT2D eigenvalue weighted by atomic mass is 35.5. The number of nitrogens with two attached hydrogens (primary N) is 1. The Bertz CT molecular complexity index is 930. The molecular weight excluding hydrogens is 412 g/mol. The van der Waals surface area contributed by atoms with Gasteiger partial charge in [0.1, 0.15) is 22.6 Å². The highest BCUT2D eigenvalue weighted by Gasteiger charge is 2.45. The van der Waals surface area contributed by atoms with Gasteiger partial charge in [0.2, 0.25) is 6.29 Å². The number of allylic oxidation sites excluding steroid dienone is 1. The number of rotatable bonds is 3. The van der Waals surface area contributed by atoms with Crippen LogP contribution < -0.4 is 5.84 Å². The van der Waals surface area contributed by atoms with Gasteiger partial charge in [-0.25, -0.2) is 29.0 Å². The molecule has 0 spiro atoms. The number of aliphatic imine (C=N–C) groups is 1. The number of imidazole rings is 1. The van der Waals surface area contributed by atoms with Crippen molar-refractivity contribution < 1.29 is 26.3 Å². The van der Waals surface area contributed by atoms with Gasteiger partial charge < -0.3 is 0 Å². The van der Waals surface area contributed by atoms with Crippen molar-refractivity contribution in [3.63, 3.8) is 0 Å². The van der Waals surface area contributed by atoms with E-state index in [-0.39, 0.29) is 0 Å². The zero-order chi connectivity index (χ0) is 20.8. The van der Waals surface area contributed by atoms with Crippen molar-refractivity contribution in [3.05, 3.63) is 59.0 Å². The lowest BCUT2D eigenvalue weighted by atomic mass is 9.91. The molecule has 2 N–H and O–H groups in total. The maximum absolute atomic E-state index is 14.3. The maximum atomic E-state index is 14.3. The van der Waals surface area contributed by atoms with E-state index in [1.165, 1.54) is 23.3 Å². The van der Waals surface area contributed by atoms with E-state index in [1.807, 2.05) is 0 Å². The highest BCUT2D eigenvalue weighted by Crippen LogP contribution is 2.41. The average Bonchev–Trinajstić information content (AvgIpc) is 3.10. The van der Waals surface area contributed by atoms with E-state index in [9.17, 15) is 26.3 Å². The maximum Gasteiger partial charge on any atom is 0.396 e. The molecule has 3 rings (SSSR count). The van der Waals surface area contributed by atoms with Gasteiger partial charge in [0.05, 0.1) is 23.5 Å². The predicted octanol–water partition coefficient (Wildman–Crippen LogP) is 4.19. The SMILES string of the molecule is CC(C1=N[C@@H](n2ccnc2)N(N)C(Cl)=C1c1c(F)cc(F)cc1F)C(F)(F)F. The van der Waals surface area contributed by atoms with E-state index in [4.69, 9.17) is 17.4 Å². The minimum Gasteiger partial charge on any atom is -0.296 e. The van der Waals surface area contributed by atoms with Crippen LogP contribution in [-0.2, 0) is 0 Å². The quantitative estimate of drug-likeness (QED) is 0.457. The van der Waals surface area contributed by atoms with Crippen LogP contribution in [0.4, 0.5) is 26.3 Å². The van der Waals surface area contributed by atoms with Crippen LogP contribution in [0, 0.1) is 23.4 Å². The Labute approximate surface area is 159 Å². The smallest absolute Gasteiger partial charge is 0.296 e. The minimum absolute atomic E-state index is 0.328. The van der Waals surface area contributed by atoms with Crippen LogP contribution in [0.1, 0.15) is 18.8 Å². The third-order valence-electron chi connectivity index (χ3n) is 4.14. The van der Waals surface area contributed by atoms with Crippen molar-refractivity contribution in [2.75, 3.05) is 0 Å². The molecule has 0 bridgehead atoms. The molecule has 0 saturated carbocycles. The standard InChI is InChI=1S/C16H12ClF6N5/c1-7(16(21,22)23)13-12(11-9(19)4-8(18)5-10(11)20)14(17)28(24)15(26-13)27-3-2-25-6-27/h2-7,15H,24H2,1H3/t7?,15-/m0/s1. The number of hydrazine groups is 1. The topological polar surface area (TPSA) is 59.4 Å². The number of alkyl halides is 3. The summed E-state index contributed by atoms with van der Waals surface area (Å²) in [5, 5.41) is 0.136. The summed E-state index contributed by atoms with van der Waals surface area (Å²) in [6.07, 6.45) is -2.13. The predicted molar refractivity (Wildman–Crippen MR) is 89.0 cm³/mol. The first-order chi connectivity index (χ1) is 13.0. The molecule has 28 heavy (non-hydrogen) atoms. The fourth-order valence-electron chi connectivity index (χ4n) is 2.70. The van der Waals surface area contributed by atoms with Crippen molar-refractivity contribution in [1.29, 1.82) is 0 Å². The summed E-state index contributed by atoms with van der Waals surface area (Å²) in [5.41, 5.74) is -2.41. The van der Waals surface area contributed by atoms with Crippen LogP contribution in [0.2, 0.25) is 0 Å². The van der Waals surface area contributed by atoms with Crippen LogP contribution in [0.3, 0.4) is 0 Å². The third-order valence-corrected chi connectivity index (χ3v) is 4.53. The van der Waals surface area contributed by atoms with E-state index in [0.717, 1.165) is 11.9 Å². The molecule has 1 aliphatic heterocycles. The normalized spacial score (nSPS) is 19.1. The zero-order valence-electron chi connectivity index (χ0n) is 14.1. The number of nitrogens with zero attached hydrogens (tertiary/aromatic N) is 4. The summed E-state index contributed by atoms with van der Waals surface area (Å²) in [6.45, 7) is 0.763. The monoisotopic (exact) mass is 423 g/mol. The second-order valence-electron chi connectivity index (χ2n) is 5.95. The number of hydrogen-bond acceptors (Lipinski definition) is 4. The molecule has 0 amide bonds. The Balaban J connectivity index is 2.26. The summed E-state index contributed by atoms with van der Waals surface area (Å²) in [4.78, 5) is 7.69. The van der Waals surface area contributed by atoms with Gasteiger partial charge in [0, 0.05) is 30.1 Å². The number of halogens is 7. The van der Waals surface area contributed by atoms with Gasteiger partial charge in [-0.05, 0) is 6.92 Å². The molecule has 1 unspecified atom stereocenters. The summed E-state index contributed by atoms with van der Waals surface area (Å²) in [7, 11) is 0. The highest BCUT2D eigenvalue weighted by molar-refractivity contribution is 6.41. The Morgan fingerprint density at radius 3 is 2.29 bits per heavy atom. The van der Waals surface area contributed by atoms with Gasteiger partial charge in [-0.1, -0.05) is 11.6 Å². The molecule has 2 heterocycles. The molecule has 5 nitrogen and oxygen atoms in total. The first-order valence-corrected chi connectivity index (χ1v) is 8.11. The van der Waals surface area contributed by atoms with Crippen molar-refractivity contribution >= 4 is 22.9 Å². The van der Waals surface area contributed by atoms with Crippen LogP contribution in [0.15, 0.2) is 41.0 Å². The Hall–Kier alpha value is -2.53. The molecule has 12 heteroatoms. The van der Waals surface area contributed by atoms with Crippen LogP contribution in [-0.4, -0.2) is 26.4 Å². The molecule has 2 aromatic rings. The van der Waals surface area contributed by atoms with Gasteiger partial charge >= 0.3 is 6.18 Å². The largest absolute Gasteiger partial charge is 0.396 e. The number of benzene rings is 1. The van der Waals surface area contributed by atoms with Gasteiger partial charge in [-0.3, -0.25) is 9.58 Å². The summed E-state index contributed by atoms with van der Waals surface area (Å²) in [6, 6.07) is 0.655. The van der Waals surface area contributed by atoms with Crippen molar-refractivity contribution in [2.45, 2.75) is 19.4 Å². The minimum atomic E-state index is -4.80.